The molecule has 0 saturated carbocycles. The Balaban J connectivity index is 2.38. The minimum absolute atomic E-state index is 0.233. The topological polar surface area (TPSA) is 37.8 Å². The van der Waals surface area contributed by atoms with Crippen molar-refractivity contribution < 1.29 is 4.39 Å². The van der Waals surface area contributed by atoms with Crippen LogP contribution in [0.2, 0.25) is 0 Å². The van der Waals surface area contributed by atoms with Gasteiger partial charge < -0.3 is 4.98 Å². The average Bonchev–Trinajstić information content (AvgIpc) is 2.82. The number of hydrogen-bond donors (Lipinski definition) is 1. The summed E-state index contributed by atoms with van der Waals surface area (Å²) in [7, 11) is 0. The zero-order valence-corrected chi connectivity index (χ0v) is 11.6. The first kappa shape index (κ1) is 12.3. The Hall–Kier alpha value is -1.79. The van der Waals surface area contributed by atoms with Gasteiger partial charge in [-0.2, -0.15) is 0 Å². The van der Waals surface area contributed by atoms with Gasteiger partial charge in [0.05, 0.1) is 11.1 Å². The van der Waals surface area contributed by atoms with Gasteiger partial charge in [-0.25, -0.2) is 4.39 Å². The molecule has 1 N–H and O–H groups in total. The number of nitrogens with one attached hydrogen (secondary N) is 1. The van der Waals surface area contributed by atoms with Crippen LogP contribution in [0.1, 0.15) is 5.56 Å². The number of thiophene rings is 1. The van der Waals surface area contributed by atoms with Gasteiger partial charge in [-0.1, -0.05) is 6.07 Å². The molecule has 0 unspecified atom stereocenters. The Morgan fingerprint density at radius 3 is 2.89 bits per heavy atom. The third-order valence-corrected chi connectivity index (χ3v) is 4.05. The zero-order chi connectivity index (χ0) is 13.6. The Morgan fingerprint density at radius 2 is 2.16 bits per heavy atom. The fraction of sp³-hybridized carbons (Fsp3) is 0.0769. The molecule has 19 heavy (non-hydrogen) atoms. The van der Waals surface area contributed by atoms with Gasteiger partial charge in [-0.3, -0.25) is 9.36 Å². The maximum atomic E-state index is 13.6. The van der Waals surface area contributed by atoms with Crippen LogP contribution in [0.15, 0.2) is 34.4 Å². The molecule has 3 nitrogen and oxygen atoms in total. The Kier molecular flexibility index (Phi) is 2.83. The van der Waals surface area contributed by atoms with E-state index in [0.29, 0.717) is 16.6 Å². The second-order valence-corrected chi connectivity index (χ2v) is 5.47. The summed E-state index contributed by atoms with van der Waals surface area (Å²) < 4.78 is 15.2. The van der Waals surface area contributed by atoms with E-state index >= 15 is 0 Å². The summed E-state index contributed by atoms with van der Waals surface area (Å²) in [5.74, 6) is -0.357. The molecule has 0 amide bonds. The molecule has 0 saturated heterocycles. The van der Waals surface area contributed by atoms with E-state index in [2.05, 4.69) is 4.98 Å². The molecule has 3 aromatic rings. The summed E-state index contributed by atoms with van der Waals surface area (Å²) in [5, 5.41) is 2.37. The van der Waals surface area contributed by atoms with Gasteiger partial charge in [-0.15, -0.1) is 11.3 Å². The van der Waals surface area contributed by atoms with Crippen molar-refractivity contribution in [3.8, 4) is 5.69 Å². The number of hydrogen-bond acceptors (Lipinski definition) is 3. The summed E-state index contributed by atoms with van der Waals surface area (Å²) in [5.41, 5.74) is 0.731. The third-order valence-electron chi connectivity index (χ3n) is 2.94. The lowest BCUT2D eigenvalue weighted by atomic mass is 10.2. The lowest BCUT2D eigenvalue weighted by Gasteiger charge is -2.07. The van der Waals surface area contributed by atoms with E-state index in [1.807, 2.05) is 5.38 Å². The first-order valence-corrected chi connectivity index (χ1v) is 6.86. The summed E-state index contributed by atoms with van der Waals surface area (Å²) in [4.78, 5) is 16.1. The predicted octanol–water partition coefficient (Wildman–Crippen LogP) is 3.56. The molecule has 0 aliphatic heterocycles. The van der Waals surface area contributed by atoms with Gasteiger partial charge in [0.15, 0.2) is 4.77 Å². The molecular weight excluding hydrogens is 283 g/mol. The van der Waals surface area contributed by atoms with Crippen molar-refractivity contribution in [1.82, 2.24) is 9.55 Å². The molecule has 0 aliphatic carbocycles. The summed E-state index contributed by atoms with van der Waals surface area (Å²) in [6.07, 6.45) is 0. The number of H-pyrrole nitrogens is 1. The van der Waals surface area contributed by atoms with Crippen molar-refractivity contribution in [3.63, 3.8) is 0 Å². The quantitative estimate of drug-likeness (QED) is 0.696. The van der Waals surface area contributed by atoms with Crippen molar-refractivity contribution in [2.24, 2.45) is 0 Å². The highest BCUT2D eigenvalue weighted by Crippen LogP contribution is 2.17. The van der Waals surface area contributed by atoms with Gasteiger partial charge in [-0.05, 0) is 48.3 Å². The number of rotatable bonds is 1. The largest absolute Gasteiger partial charge is 0.323 e. The minimum Gasteiger partial charge on any atom is -0.323 e. The molecule has 0 spiro atoms. The Bertz CT molecular complexity index is 892. The fourth-order valence-corrected chi connectivity index (χ4v) is 3.03. The van der Waals surface area contributed by atoms with E-state index in [9.17, 15) is 9.18 Å². The number of nitrogens with zero attached hydrogens (tertiary/aromatic N) is 1. The van der Waals surface area contributed by atoms with E-state index < -0.39 is 0 Å². The highest BCUT2D eigenvalue weighted by atomic mass is 32.1. The first-order chi connectivity index (χ1) is 9.08. The smallest absolute Gasteiger partial charge is 0.267 e. The standard InChI is InChI=1S/C13H9FN2OS2/c1-7-2-3-8(6-10(7)14)16-12(17)9-4-5-19-11(9)15-13(16)18/h2-6H,1H3,(H,15,18). The fourth-order valence-electron chi connectivity index (χ4n) is 1.90. The van der Waals surface area contributed by atoms with Crippen LogP contribution in [0.3, 0.4) is 0 Å². The number of aryl methyl sites for hydroxylation is 1. The van der Waals surface area contributed by atoms with Crippen molar-refractivity contribution in [2.45, 2.75) is 6.92 Å². The van der Waals surface area contributed by atoms with E-state index in [-0.39, 0.29) is 16.1 Å². The molecule has 0 aliphatic rings. The molecule has 0 fully saturated rings. The van der Waals surface area contributed by atoms with Gasteiger partial charge in [0.1, 0.15) is 10.6 Å². The maximum Gasteiger partial charge on any atom is 0.267 e. The molecule has 0 radical (unpaired) electrons. The lowest BCUT2D eigenvalue weighted by molar-refractivity contribution is 0.617. The Morgan fingerprint density at radius 1 is 1.37 bits per heavy atom. The third kappa shape index (κ3) is 1.93. The van der Waals surface area contributed by atoms with Crippen molar-refractivity contribution >= 4 is 33.8 Å². The highest BCUT2D eigenvalue weighted by molar-refractivity contribution is 7.71. The minimum atomic E-state index is -0.357. The van der Waals surface area contributed by atoms with E-state index in [1.165, 1.54) is 22.0 Å². The van der Waals surface area contributed by atoms with Gasteiger partial charge in [0.2, 0.25) is 0 Å². The van der Waals surface area contributed by atoms with Crippen LogP contribution in [-0.4, -0.2) is 9.55 Å². The number of fused-ring (bicyclic) bond motifs is 1. The van der Waals surface area contributed by atoms with Crippen LogP contribution < -0.4 is 5.56 Å². The van der Waals surface area contributed by atoms with Crippen LogP contribution in [0.25, 0.3) is 15.9 Å². The van der Waals surface area contributed by atoms with Gasteiger partial charge in [0, 0.05) is 0 Å². The first-order valence-electron chi connectivity index (χ1n) is 5.57. The van der Waals surface area contributed by atoms with Gasteiger partial charge >= 0.3 is 0 Å². The number of halogens is 1. The van der Waals surface area contributed by atoms with Crippen LogP contribution in [0.4, 0.5) is 4.39 Å². The molecule has 1 aromatic carbocycles. The summed E-state index contributed by atoms with van der Waals surface area (Å²) >= 11 is 6.60. The molecule has 0 atom stereocenters. The SMILES string of the molecule is Cc1ccc(-n2c(=S)[nH]c3sccc3c2=O)cc1F. The lowest BCUT2D eigenvalue weighted by Crippen LogP contribution is -2.19. The van der Waals surface area contributed by atoms with Crippen LogP contribution in [-0.2, 0) is 0 Å². The van der Waals surface area contributed by atoms with Crippen molar-refractivity contribution in [3.05, 3.63) is 56.2 Å². The zero-order valence-electron chi connectivity index (χ0n) is 9.94. The van der Waals surface area contributed by atoms with Gasteiger partial charge in [0.25, 0.3) is 5.56 Å². The van der Waals surface area contributed by atoms with E-state index in [1.54, 1.807) is 25.1 Å². The second-order valence-electron chi connectivity index (χ2n) is 4.17. The Labute approximate surface area is 117 Å². The normalized spacial score (nSPS) is 11.1. The van der Waals surface area contributed by atoms with E-state index in [0.717, 1.165) is 4.83 Å². The van der Waals surface area contributed by atoms with Crippen molar-refractivity contribution in [1.29, 1.82) is 0 Å². The number of benzene rings is 1. The molecule has 2 aromatic heterocycles. The molecule has 0 bridgehead atoms. The second kappa shape index (κ2) is 4.40. The number of aromatic nitrogens is 2. The molecule has 96 valence electrons. The molecule has 2 heterocycles. The average molecular weight is 292 g/mol. The molecule has 6 heteroatoms. The van der Waals surface area contributed by atoms with Crippen LogP contribution in [0.5, 0.6) is 0 Å². The maximum absolute atomic E-state index is 13.6. The van der Waals surface area contributed by atoms with Crippen LogP contribution in [0, 0.1) is 17.5 Å². The monoisotopic (exact) mass is 292 g/mol. The predicted molar refractivity (Wildman–Crippen MR) is 77.3 cm³/mol. The summed E-state index contributed by atoms with van der Waals surface area (Å²) in [6, 6.07) is 6.36. The van der Waals surface area contributed by atoms with E-state index in [4.69, 9.17) is 12.2 Å². The molecule has 3 rings (SSSR count). The van der Waals surface area contributed by atoms with Crippen LogP contribution >= 0.6 is 23.6 Å². The number of aromatic amines is 1. The highest BCUT2D eigenvalue weighted by Gasteiger charge is 2.09. The summed E-state index contributed by atoms with van der Waals surface area (Å²) in [6.45, 7) is 1.67. The molecular formula is C13H9FN2OS2. The van der Waals surface area contributed by atoms with Crippen molar-refractivity contribution in [2.75, 3.05) is 0 Å².